The zero-order chi connectivity index (χ0) is 12.3. The summed E-state index contributed by atoms with van der Waals surface area (Å²) in [7, 11) is 0. The lowest BCUT2D eigenvalue weighted by Gasteiger charge is -2.06. The molecule has 3 nitrogen and oxygen atoms in total. The minimum absolute atomic E-state index is 0.100. The molecule has 0 N–H and O–H groups in total. The zero-order valence-electron chi connectivity index (χ0n) is 10.4. The Hall–Kier alpha value is -1.51. The molecule has 1 aromatic rings. The van der Waals surface area contributed by atoms with Gasteiger partial charge in [0.05, 0.1) is 13.2 Å². The Morgan fingerprint density at radius 1 is 1.12 bits per heavy atom. The van der Waals surface area contributed by atoms with E-state index in [4.69, 9.17) is 9.47 Å². The molecule has 0 amide bonds. The van der Waals surface area contributed by atoms with Gasteiger partial charge >= 0.3 is 5.97 Å². The summed E-state index contributed by atoms with van der Waals surface area (Å²) in [6, 6.07) is 9.71. The second-order valence-electron chi connectivity index (χ2n) is 3.84. The van der Waals surface area contributed by atoms with Crippen LogP contribution in [0.25, 0.3) is 0 Å². The number of unbranched alkanes of at least 4 members (excludes halogenated alkanes) is 1. The van der Waals surface area contributed by atoms with Crippen molar-refractivity contribution in [1.82, 2.24) is 0 Å². The Morgan fingerprint density at radius 2 is 1.82 bits per heavy atom. The van der Waals surface area contributed by atoms with Crippen LogP contribution < -0.4 is 4.74 Å². The Bertz CT molecular complexity index is 309. The second-order valence-corrected chi connectivity index (χ2v) is 3.84. The molecule has 0 saturated heterocycles. The van der Waals surface area contributed by atoms with Gasteiger partial charge < -0.3 is 9.47 Å². The van der Waals surface area contributed by atoms with Crippen molar-refractivity contribution in [3.05, 3.63) is 30.3 Å². The van der Waals surface area contributed by atoms with Gasteiger partial charge in [-0.1, -0.05) is 25.1 Å². The van der Waals surface area contributed by atoms with Crippen molar-refractivity contribution in [2.45, 2.75) is 32.6 Å². The standard InChI is InChI=1S/C14H20O3/c1-2-8-14(15)17-12-7-6-11-16-13-9-4-3-5-10-13/h3-5,9-10H,2,6-8,11-12H2,1H3. The van der Waals surface area contributed by atoms with Crippen LogP contribution in [-0.4, -0.2) is 19.2 Å². The highest BCUT2D eigenvalue weighted by Crippen LogP contribution is 2.08. The van der Waals surface area contributed by atoms with E-state index in [1.165, 1.54) is 0 Å². The molecule has 1 aromatic carbocycles. The second kappa shape index (κ2) is 8.62. The van der Waals surface area contributed by atoms with Crippen LogP contribution >= 0.6 is 0 Å². The average molecular weight is 236 g/mol. The fourth-order valence-corrected chi connectivity index (χ4v) is 1.37. The molecule has 0 aliphatic rings. The first kappa shape index (κ1) is 13.6. The summed E-state index contributed by atoms with van der Waals surface area (Å²) in [5.74, 6) is 0.784. The summed E-state index contributed by atoms with van der Waals surface area (Å²) in [5, 5.41) is 0. The van der Waals surface area contributed by atoms with E-state index in [2.05, 4.69) is 0 Å². The first-order chi connectivity index (χ1) is 8.33. The molecule has 0 bridgehead atoms. The van der Waals surface area contributed by atoms with Crippen LogP contribution in [0.4, 0.5) is 0 Å². The SMILES string of the molecule is CCCC(=O)OCCCCOc1ccccc1. The maximum Gasteiger partial charge on any atom is 0.305 e. The van der Waals surface area contributed by atoms with Gasteiger partial charge in [-0.15, -0.1) is 0 Å². The third-order valence-electron chi connectivity index (χ3n) is 2.27. The lowest BCUT2D eigenvalue weighted by atomic mass is 10.3. The molecule has 0 spiro atoms. The fourth-order valence-electron chi connectivity index (χ4n) is 1.37. The molecule has 17 heavy (non-hydrogen) atoms. The largest absolute Gasteiger partial charge is 0.494 e. The number of hydrogen-bond donors (Lipinski definition) is 0. The lowest BCUT2D eigenvalue weighted by Crippen LogP contribution is -2.06. The predicted octanol–water partition coefficient (Wildman–Crippen LogP) is 3.19. The topological polar surface area (TPSA) is 35.5 Å². The van der Waals surface area contributed by atoms with Crippen molar-refractivity contribution in [2.75, 3.05) is 13.2 Å². The monoisotopic (exact) mass is 236 g/mol. The Morgan fingerprint density at radius 3 is 2.53 bits per heavy atom. The molecule has 0 aromatic heterocycles. The van der Waals surface area contributed by atoms with E-state index >= 15 is 0 Å². The molecular formula is C14H20O3. The number of esters is 1. The van der Waals surface area contributed by atoms with E-state index in [0.717, 1.165) is 25.0 Å². The van der Waals surface area contributed by atoms with Crippen molar-refractivity contribution in [3.8, 4) is 5.75 Å². The zero-order valence-corrected chi connectivity index (χ0v) is 10.4. The number of hydrogen-bond acceptors (Lipinski definition) is 3. The van der Waals surface area contributed by atoms with Gasteiger partial charge in [0.1, 0.15) is 5.75 Å². The maximum absolute atomic E-state index is 11.0. The number of rotatable bonds is 8. The number of carbonyl (C=O) groups excluding carboxylic acids is 1. The van der Waals surface area contributed by atoms with Gasteiger partial charge in [0, 0.05) is 6.42 Å². The quantitative estimate of drug-likeness (QED) is 0.513. The van der Waals surface area contributed by atoms with E-state index in [9.17, 15) is 4.79 Å². The summed E-state index contributed by atoms with van der Waals surface area (Å²) in [6.45, 7) is 3.13. The van der Waals surface area contributed by atoms with Gasteiger partial charge in [0.15, 0.2) is 0 Å². The molecule has 0 saturated carbocycles. The number of ether oxygens (including phenoxy) is 2. The normalized spacial score (nSPS) is 9.94. The molecule has 94 valence electrons. The lowest BCUT2D eigenvalue weighted by molar-refractivity contribution is -0.143. The van der Waals surface area contributed by atoms with E-state index in [1.54, 1.807) is 0 Å². The number of para-hydroxylation sites is 1. The van der Waals surface area contributed by atoms with E-state index < -0.39 is 0 Å². The fraction of sp³-hybridized carbons (Fsp3) is 0.500. The first-order valence-corrected chi connectivity index (χ1v) is 6.16. The van der Waals surface area contributed by atoms with E-state index in [-0.39, 0.29) is 5.97 Å². The Balaban J connectivity index is 1.96. The Labute approximate surface area is 103 Å². The van der Waals surface area contributed by atoms with Crippen molar-refractivity contribution < 1.29 is 14.3 Å². The predicted molar refractivity (Wildman–Crippen MR) is 67.0 cm³/mol. The smallest absolute Gasteiger partial charge is 0.305 e. The molecule has 0 radical (unpaired) electrons. The summed E-state index contributed by atoms with van der Waals surface area (Å²) >= 11 is 0. The highest BCUT2D eigenvalue weighted by Gasteiger charge is 1.99. The number of benzene rings is 1. The van der Waals surface area contributed by atoms with E-state index in [1.807, 2.05) is 37.3 Å². The Kier molecular flexibility index (Phi) is 6.87. The van der Waals surface area contributed by atoms with Crippen molar-refractivity contribution in [1.29, 1.82) is 0 Å². The highest BCUT2D eigenvalue weighted by molar-refractivity contribution is 5.69. The van der Waals surface area contributed by atoms with Crippen molar-refractivity contribution in [3.63, 3.8) is 0 Å². The molecule has 0 fully saturated rings. The summed E-state index contributed by atoms with van der Waals surface area (Å²) in [6.07, 6.45) is 3.10. The van der Waals surface area contributed by atoms with Crippen LogP contribution in [0.1, 0.15) is 32.6 Å². The van der Waals surface area contributed by atoms with Crippen LogP contribution in [0.5, 0.6) is 5.75 Å². The molecule has 1 rings (SSSR count). The van der Waals surface area contributed by atoms with Gasteiger partial charge in [-0.25, -0.2) is 0 Å². The maximum atomic E-state index is 11.0. The van der Waals surface area contributed by atoms with Crippen molar-refractivity contribution >= 4 is 5.97 Å². The van der Waals surface area contributed by atoms with Gasteiger partial charge in [0.2, 0.25) is 0 Å². The molecule has 3 heteroatoms. The molecular weight excluding hydrogens is 216 g/mol. The third-order valence-corrected chi connectivity index (χ3v) is 2.27. The minimum atomic E-state index is -0.100. The van der Waals surface area contributed by atoms with Crippen LogP contribution in [0.2, 0.25) is 0 Å². The van der Waals surface area contributed by atoms with Gasteiger partial charge in [-0.05, 0) is 31.4 Å². The molecule has 0 unspecified atom stereocenters. The molecule has 0 aliphatic heterocycles. The highest BCUT2D eigenvalue weighted by atomic mass is 16.5. The van der Waals surface area contributed by atoms with Crippen LogP contribution in [-0.2, 0) is 9.53 Å². The van der Waals surface area contributed by atoms with E-state index in [0.29, 0.717) is 19.6 Å². The molecule has 0 aliphatic carbocycles. The minimum Gasteiger partial charge on any atom is -0.494 e. The van der Waals surface area contributed by atoms with Gasteiger partial charge in [0.25, 0.3) is 0 Å². The summed E-state index contributed by atoms with van der Waals surface area (Å²) < 4.78 is 10.6. The van der Waals surface area contributed by atoms with Crippen LogP contribution in [0.3, 0.4) is 0 Å². The third kappa shape index (κ3) is 6.61. The van der Waals surface area contributed by atoms with Crippen LogP contribution in [0.15, 0.2) is 30.3 Å². The number of carbonyl (C=O) groups is 1. The van der Waals surface area contributed by atoms with Crippen LogP contribution in [0, 0.1) is 0 Å². The first-order valence-electron chi connectivity index (χ1n) is 6.16. The van der Waals surface area contributed by atoms with Crippen molar-refractivity contribution in [2.24, 2.45) is 0 Å². The van der Waals surface area contributed by atoms with Gasteiger partial charge in [-0.3, -0.25) is 4.79 Å². The van der Waals surface area contributed by atoms with Gasteiger partial charge in [-0.2, -0.15) is 0 Å². The summed E-state index contributed by atoms with van der Waals surface area (Å²) in [5.41, 5.74) is 0. The average Bonchev–Trinajstić information content (AvgIpc) is 2.35. The molecule has 0 atom stereocenters. The summed E-state index contributed by atoms with van der Waals surface area (Å²) in [4.78, 5) is 11.0. The molecule has 0 heterocycles.